The molecule has 0 aliphatic rings. The zero-order chi connectivity index (χ0) is 14.3. The van der Waals surface area contributed by atoms with E-state index in [1.54, 1.807) is 11.9 Å². The van der Waals surface area contributed by atoms with Crippen LogP contribution in [0.25, 0.3) is 0 Å². The average molecular weight is 258 g/mol. The van der Waals surface area contributed by atoms with E-state index in [1.165, 1.54) is 0 Å². The van der Waals surface area contributed by atoms with E-state index < -0.39 is 5.97 Å². The number of rotatable bonds is 7. The summed E-state index contributed by atoms with van der Waals surface area (Å²) in [6.45, 7) is 8.47. The van der Waals surface area contributed by atoms with Crippen molar-refractivity contribution in [3.05, 3.63) is 0 Å². The number of urea groups is 1. The number of hydrogen-bond acceptors (Lipinski definition) is 2. The second-order valence-corrected chi connectivity index (χ2v) is 5.15. The fourth-order valence-electron chi connectivity index (χ4n) is 1.60. The van der Waals surface area contributed by atoms with Gasteiger partial charge in [-0.2, -0.15) is 0 Å². The van der Waals surface area contributed by atoms with Gasteiger partial charge in [-0.3, -0.25) is 4.79 Å². The summed E-state index contributed by atoms with van der Waals surface area (Å²) >= 11 is 0. The van der Waals surface area contributed by atoms with E-state index in [2.05, 4.69) is 19.2 Å². The zero-order valence-electron chi connectivity index (χ0n) is 12.1. The van der Waals surface area contributed by atoms with Crippen molar-refractivity contribution in [3.8, 4) is 0 Å². The van der Waals surface area contributed by atoms with Crippen molar-refractivity contribution in [2.75, 3.05) is 13.6 Å². The molecule has 0 aliphatic carbocycles. The van der Waals surface area contributed by atoms with Gasteiger partial charge in [0.1, 0.15) is 0 Å². The summed E-state index contributed by atoms with van der Waals surface area (Å²) in [4.78, 5) is 24.1. The summed E-state index contributed by atoms with van der Waals surface area (Å²) in [5.41, 5.74) is 0. The largest absolute Gasteiger partial charge is 0.481 e. The smallest absolute Gasteiger partial charge is 0.317 e. The molecule has 0 aromatic carbocycles. The second kappa shape index (κ2) is 7.95. The predicted octanol–water partition coefficient (Wildman–Crippen LogP) is 2.17. The van der Waals surface area contributed by atoms with Gasteiger partial charge in [-0.1, -0.05) is 27.2 Å². The number of hydrogen-bond donors (Lipinski definition) is 2. The first kappa shape index (κ1) is 16.7. The molecule has 0 saturated heterocycles. The molecule has 0 aliphatic heterocycles. The van der Waals surface area contributed by atoms with Gasteiger partial charge in [0.15, 0.2) is 0 Å². The molecule has 2 N–H and O–H groups in total. The lowest BCUT2D eigenvalue weighted by atomic mass is 10.0. The normalized spacial score (nSPS) is 14.1. The van der Waals surface area contributed by atoms with Crippen molar-refractivity contribution >= 4 is 12.0 Å². The van der Waals surface area contributed by atoms with Crippen LogP contribution < -0.4 is 5.32 Å². The van der Waals surface area contributed by atoms with Crippen molar-refractivity contribution < 1.29 is 14.7 Å². The Balaban J connectivity index is 4.19. The first-order valence-corrected chi connectivity index (χ1v) is 6.52. The van der Waals surface area contributed by atoms with Crippen LogP contribution in [0.5, 0.6) is 0 Å². The monoisotopic (exact) mass is 258 g/mol. The van der Waals surface area contributed by atoms with Crippen LogP contribution >= 0.6 is 0 Å². The first-order chi connectivity index (χ1) is 8.29. The van der Waals surface area contributed by atoms with Gasteiger partial charge in [-0.05, 0) is 18.8 Å². The molecule has 0 aromatic heterocycles. The number of carbonyl (C=O) groups excluding carboxylic acids is 1. The van der Waals surface area contributed by atoms with Gasteiger partial charge in [0.2, 0.25) is 0 Å². The van der Waals surface area contributed by atoms with Gasteiger partial charge in [-0.15, -0.1) is 0 Å². The fourth-order valence-corrected chi connectivity index (χ4v) is 1.60. The van der Waals surface area contributed by atoms with Gasteiger partial charge < -0.3 is 15.3 Å². The maximum absolute atomic E-state index is 11.9. The summed E-state index contributed by atoms with van der Waals surface area (Å²) in [7, 11) is 1.76. The van der Waals surface area contributed by atoms with E-state index in [-0.39, 0.29) is 24.4 Å². The Morgan fingerprint density at radius 2 is 1.83 bits per heavy atom. The Morgan fingerprint density at radius 1 is 1.28 bits per heavy atom. The van der Waals surface area contributed by atoms with Crippen molar-refractivity contribution in [3.63, 3.8) is 0 Å². The Morgan fingerprint density at radius 3 is 2.22 bits per heavy atom. The molecule has 2 unspecified atom stereocenters. The minimum atomic E-state index is -0.819. The maximum atomic E-state index is 11.9. The van der Waals surface area contributed by atoms with E-state index in [0.29, 0.717) is 12.5 Å². The molecular formula is C13H26N2O3. The SMILES string of the molecule is CCC(CNC(=O)N(C)C(C)C(C)C)CC(=O)O. The minimum absolute atomic E-state index is 0.00536. The Hall–Kier alpha value is -1.26. The van der Waals surface area contributed by atoms with Crippen molar-refractivity contribution in [2.45, 2.75) is 46.6 Å². The van der Waals surface area contributed by atoms with E-state index in [1.807, 2.05) is 13.8 Å². The molecule has 0 radical (unpaired) electrons. The lowest BCUT2D eigenvalue weighted by molar-refractivity contribution is -0.138. The van der Waals surface area contributed by atoms with Crippen LogP contribution in [0.3, 0.4) is 0 Å². The van der Waals surface area contributed by atoms with Crippen LogP contribution in [0, 0.1) is 11.8 Å². The number of aliphatic carboxylic acids is 1. The third-order valence-electron chi connectivity index (χ3n) is 3.48. The predicted molar refractivity (Wildman–Crippen MR) is 71.5 cm³/mol. The first-order valence-electron chi connectivity index (χ1n) is 6.52. The van der Waals surface area contributed by atoms with Crippen molar-refractivity contribution in [1.29, 1.82) is 0 Å². The molecule has 0 bridgehead atoms. The molecule has 5 nitrogen and oxygen atoms in total. The number of carboxylic acids is 1. The van der Waals surface area contributed by atoms with E-state index >= 15 is 0 Å². The summed E-state index contributed by atoms with van der Waals surface area (Å²) in [5, 5.41) is 11.5. The summed E-state index contributed by atoms with van der Waals surface area (Å²) in [5.74, 6) is -0.434. The highest BCUT2D eigenvalue weighted by Gasteiger charge is 2.19. The van der Waals surface area contributed by atoms with Crippen LogP contribution in [0.2, 0.25) is 0 Å². The van der Waals surface area contributed by atoms with Gasteiger partial charge >= 0.3 is 12.0 Å². The topological polar surface area (TPSA) is 69.6 Å². The van der Waals surface area contributed by atoms with E-state index in [9.17, 15) is 9.59 Å². The molecule has 2 atom stereocenters. The molecule has 0 fully saturated rings. The number of carbonyl (C=O) groups is 2. The maximum Gasteiger partial charge on any atom is 0.317 e. The van der Waals surface area contributed by atoms with Crippen LogP contribution in [-0.4, -0.2) is 41.6 Å². The standard InChI is InChI=1S/C13H26N2O3/c1-6-11(7-12(16)17)8-14-13(18)15(5)10(4)9(2)3/h9-11H,6-8H2,1-5H3,(H,14,18)(H,16,17). The van der Waals surface area contributed by atoms with Crippen LogP contribution in [-0.2, 0) is 4.79 Å². The molecule has 0 aromatic rings. The average Bonchev–Trinajstić information content (AvgIpc) is 2.31. The molecule has 0 spiro atoms. The lowest BCUT2D eigenvalue weighted by Gasteiger charge is -2.28. The molecule has 2 amide bonds. The van der Waals surface area contributed by atoms with Crippen LogP contribution in [0.1, 0.15) is 40.5 Å². The van der Waals surface area contributed by atoms with Crippen LogP contribution in [0.15, 0.2) is 0 Å². The van der Waals surface area contributed by atoms with Crippen molar-refractivity contribution in [2.24, 2.45) is 11.8 Å². The number of nitrogens with one attached hydrogen (secondary N) is 1. The molecule has 18 heavy (non-hydrogen) atoms. The van der Waals surface area contributed by atoms with Gasteiger partial charge in [0, 0.05) is 26.1 Å². The van der Waals surface area contributed by atoms with Crippen LogP contribution in [0.4, 0.5) is 4.79 Å². The molecule has 0 saturated carbocycles. The number of nitrogens with zero attached hydrogens (tertiary/aromatic N) is 1. The summed E-state index contributed by atoms with van der Waals surface area (Å²) in [6.07, 6.45) is 0.844. The molecule has 5 heteroatoms. The van der Waals surface area contributed by atoms with E-state index in [0.717, 1.165) is 6.42 Å². The zero-order valence-corrected chi connectivity index (χ0v) is 12.1. The lowest BCUT2D eigenvalue weighted by Crippen LogP contribution is -2.45. The fraction of sp³-hybridized carbons (Fsp3) is 0.846. The van der Waals surface area contributed by atoms with Crippen molar-refractivity contribution in [1.82, 2.24) is 10.2 Å². The van der Waals surface area contributed by atoms with Gasteiger partial charge in [0.05, 0.1) is 0 Å². The number of carboxylic acid groups (broad SMARTS) is 1. The molecular weight excluding hydrogens is 232 g/mol. The molecule has 0 rings (SSSR count). The van der Waals surface area contributed by atoms with Gasteiger partial charge in [-0.25, -0.2) is 4.79 Å². The number of amides is 2. The third kappa shape index (κ3) is 5.89. The van der Waals surface area contributed by atoms with E-state index in [4.69, 9.17) is 5.11 Å². The molecule has 0 heterocycles. The van der Waals surface area contributed by atoms with Gasteiger partial charge in [0.25, 0.3) is 0 Å². The summed E-state index contributed by atoms with van der Waals surface area (Å²) in [6, 6.07) is 0.0181. The molecule has 106 valence electrons. The minimum Gasteiger partial charge on any atom is -0.481 e. The summed E-state index contributed by atoms with van der Waals surface area (Å²) < 4.78 is 0. The highest BCUT2D eigenvalue weighted by Crippen LogP contribution is 2.09. The highest BCUT2D eigenvalue weighted by atomic mass is 16.4. The second-order valence-electron chi connectivity index (χ2n) is 5.15. The highest BCUT2D eigenvalue weighted by molar-refractivity contribution is 5.74. The Bertz CT molecular complexity index is 279. The third-order valence-corrected chi connectivity index (χ3v) is 3.48. The Labute approximate surface area is 110 Å². The quantitative estimate of drug-likeness (QED) is 0.735. The Kier molecular flexibility index (Phi) is 7.39.